The van der Waals surface area contributed by atoms with Crippen molar-refractivity contribution >= 4 is 35.2 Å². The van der Waals surface area contributed by atoms with Gasteiger partial charge in [0.15, 0.2) is 0 Å². The molecule has 1 aliphatic heterocycles. The number of benzene rings is 1. The third-order valence-electron chi connectivity index (χ3n) is 4.71. The third kappa shape index (κ3) is 5.12. The number of carbonyl (C=O) groups is 2. The van der Waals surface area contributed by atoms with E-state index in [2.05, 4.69) is 10.2 Å². The highest BCUT2D eigenvalue weighted by Crippen LogP contribution is 2.26. The molecule has 0 aromatic heterocycles. The molecule has 1 atom stereocenters. The fourth-order valence-corrected chi connectivity index (χ4v) is 4.01. The van der Waals surface area contributed by atoms with Crippen LogP contribution in [0, 0.1) is 0 Å². The molecule has 2 amide bonds. The Balaban J connectivity index is 1.42. The molecule has 1 aromatic carbocycles. The smallest absolute Gasteiger partial charge is 0.237 e. The number of hydrogen-bond donors (Lipinski definition) is 1. The maximum Gasteiger partial charge on any atom is 0.237 e. The molecule has 0 spiro atoms. The number of carbonyl (C=O) groups excluding carboxylic acids is 2. The van der Waals surface area contributed by atoms with Crippen molar-refractivity contribution in [3.8, 4) is 0 Å². The highest BCUT2D eigenvalue weighted by molar-refractivity contribution is 8.00. The predicted molar refractivity (Wildman–Crippen MR) is 101 cm³/mol. The minimum atomic E-state index is -0.129. The van der Waals surface area contributed by atoms with Crippen LogP contribution in [-0.2, 0) is 9.59 Å². The Morgan fingerprint density at radius 3 is 2.56 bits per heavy atom. The highest BCUT2D eigenvalue weighted by Gasteiger charge is 2.30. The third-order valence-corrected chi connectivity index (χ3v) is 6.21. The molecule has 7 heteroatoms. The topological polar surface area (TPSA) is 52.7 Å². The Labute approximate surface area is 158 Å². The highest BCUT2D eigenvalue weighted by atomic mass is 35.5. The van der Waals surface area contributed by atoms with Gasteiger partial charge in [-0.25, -0.2) is 0 Å². The van der Waals surface area contributed by atoms with Crippen molar-refractivity contribution < 1.29 is 9.59 Å². The normalized spacial score (nSPS) is 19.5. The lowest BCUT2D eigenvalue weighted by atomic mass is 10.2. The quantitative estimate of drug-likeness (QED) is 0.768. The van der Waals surface area contributed by atoms with E-state index in [1.54, 1.807) is 0 Å². The molecule has 5 nitrogen and oxygen atoms in total. The summed E-state index contributed by atoms with van der Waals surface area (Å²) < 4.78 is 0. The molecule has 25 heavy (non-hydrogen) atoms. The lowest BCUT2D eigenvalue weighted by molar-refractivity contribution is -0.131. The van der Waals surface area contributed by atoms with Crippen LogP contribution in [0.1, 0.15) is 19.8 Å². The van der Waals surface area contributed by atoms with Gasteiger partial charge in [0.2, 0.25) is 11.8 Å². The van der Waals surface area contributed by atoms with Crippen molar-refractivity contribution in [3.63, 3.8) is 0 Å². The van der Waals surface area contributed by atoms with Crippen LogP contribution in [0.25, 0.3) is 0 Å². The van der Waals surface area contributed by atoms with Crippen molar-refractivity contribution in [2.75, 3.05) is 31.9 Å². The predicted octanol–water partition coefficient (Wildman–Crippen LogP) is 2.24. The molecule has 1 saturated carbocycles. The second kappa shape index (κ2) is 8.43. The van der Waals surface area contributed by atoms with Gasteiger partial charge in [-0.05, 0) is 31.9 Å². The number of halogens is 1. The van der Waals surface area contributed by atoms with E-state index in [0.717, 1.165) is 30.8 Å². The van der Waals surface area contributed by atoms with Crippen molar-refractivity contribution in [2.24, 2.45) is 0 Å². The Bertz CT molecular complexity index is 631. The number of piperazine rings is 1. The van der Waals surface area contributed by atoms with Gasteiger partial charge in [-0.2, -0.15) is 0 Å². The molecule has 0 radical (unpaired) electrons. The lowest BCUT2D eigenvalue weighted by Gasteiger charge is -2.37. The molecule has 1 N–H and O–H groups in total. The molecule has 1 aromatic rings. The lowest BCUT2D eigenvalue weighted by Crippen LogP contribution is -2.55. The van der Waals surface area contributed by atoms with E-state index in [9.17, 15) is 9.59 Å². The first-order valence-corrected chi connectivity index (χ1v) is 10.1. The molecule has 1 unspecified atom stereocenters. The monoisotopic (exact) mass is 381 g/mol. The first-order valence-electron chi connectivity index (χ1n) is 8.74. The molecule has 1 saturated heterocycles. The first kappa shape index (κ1) is 18.5. The van der Waals surface area contributed by atoms with Crippen molar-refractivity contribution in [2.45, 2.75) is 36.7 Å². The van der Waals surface area contributed by atoms with Crippen molar-refractivity contribution in [1.82, 2.24) is 15.1 Å². The fourth-order valence-electron chi connectivity index (χ4n) is 2.87. The molecule has 136 valence electrons. The summed E-state index contributed by atoms with van der Waals surface area (Å²) in [5.74, 6) is 0.623. The molecule has 1 aliphatic carbocycles. The molecular formula is C18H24ClN3O2S. The van der Waals surface area contributed by atoms with Crippen LogP contribution in [0.3, 0.4) is 0 Å². The number of nitrogens with zero attached hydrogens (tertiary/aromatic N) is 2. The number of amides is 2. The summed E-state index contributed by atoms with van der Waals surface area (Å²) in [5, 5.41) is 3.73. The van der Waals surface area contributed by atoms with Crippen LogP contribution in [-0.4, -0.2) is 65.6 Å². The van der Waals surface area contributed by atoms with Crippen LogP contribution < -0.4 is 5.32 Å². The van der Waals surface area contributed by atoms with E-state index in [4.69, 9.17) is 11.6 Å². The summed E-state index contributed by atoms with van der Waals surface area (Å²) in [6.07, 6.45) is 2.20. The van der Waals surface area contributed by atoms with E-state index >= 15 is 0 Å². The summed E-state index contributed by atoms with van der Waals surface area (Å²) in [6.45, 7) is 4.76. The van der Waals surface area contributed by atoms with Gasteiger partial charge in [-0.3, -0.25) is 14.5 Å². The molecule has 2 fully saturated rings. The van der Waals surface area contributed by atoms with E-state index in [-0.39, 0.29) is 17.9 Å². The minimum absolute atomic E-state index is 0.108. The first-order chi connectivity index (χ1) is 12.0. The Morgan fingerprint density at radius 1 is 1.24 bits per heavy atom. The van der Waals surface area contributed by atoms with E-state index in [1.165, 1.54) is 11.8 Å². The molecular weight excluding hydrogens is 358 g/mol. The van der Waals surface area contributed by atoms with Gasteiger partial charge in [-0.15, -0.1) is 11.8 Å². The zero-order valence-corrected chi connectivity index (χ0v) is 16.0. The van der Waals surface area contributed by atoms with Crippen LogP contribution in [0.5, 0.6) is 0 Å². The van der Waals surface area contributed by atoms with Crippen LogP contribution in [0.2, 0.25) is 5.02 Å². The maximum atomic E-state index is 12.4. The van der Waals surface area contributed by atoms with Crippen molar-refractivity contribution in [3.05, 3.63) is 29.3 Å². The number of hydrogen-bond acceptors (Lipinski definition) is 4. The van der Waals surface area contributed by atoms with Crippen molar-refractivity contribution in [1.29, 1.82) is 0 Å². The molecule has 1 heterocycles. The van der Waals surface area contributed by atoms with E-state index in [0.29, 0.717) is 29.9 Å². The fraction of sp³-hybridized carbons (Fsp3) is 0.556. The van der Waals surface area contributed by atoms with Crippen LogP contribution in [0.4, 0.5) is 0 Å². The van der Waals surface area contributed by atoms with Gasteiger partial charge < -0.3 is 10.2 Å². The standard InChI is InChI=1S/C18H24ClN3O2S/c1-13(18(24)20-14-6-7-14)21-8-10-22(11-9-21)17(23)12-25-16-5-3-2-4-15(16)19/h2-5,13-14H,6-12H2,1H3,(H,20,24). The van der Waals surface area contributed by atoms with Gasteiger partial charge >= 0.3 is 0 Å². The summed E-state index contributed by atoms with van der Waals surface area (Å²) in [5.41, 5.74) is 0. The minimum Gasteiger partial charge on any atom is -0.352 e. The Hall–Kier alpha value is -1.24. The molecule has 2 aliphatic rings. The number of nitrogens with one attached hydrogen (secondary N) is 1. The Morgan fingerprint density at radius 2 is 1.92 bits per heavy atom. The van der Waals surface area contributed by atoms with Gasteiger partial charge in [0.1, 0.15) is 0 Å². The van der Waals surface area contributed by atoms with Crippen LogP contribution >= 0.6 is 23.4 Å². The second-order valence-electron chi connectivity index (χ2n) is 6.59. The van der Waals surface area contributed by atoms with Crippen LogP contribution in [0.15, 0.2) is 29.2 Å². The van der Waals surface area contributed by atoms with Gasteiger partial charge in [0, 0.05) is 37.1 Å². The summed E-state index contributed by atoms with van der Waals surface area (Å²) in [6, 6.07) is 7.83. The zero-order valence-electron chi connectivity index (χ0n) is 14.4. The van der Waals surface area contributed by atoms with Gasteiger partial charge in [0.25, 0.3) is 0 Å². The molecule has 0 bridgehead atoms. The zero-order chi connectivity index (χ0) is 17.8. The largest absolute Gasteiger partial charge is 0.352 e. The summed E-state index contributed by atoms with van der Waals surface area (Å²) >= 11 is 7.60. The average Bonchev–Trinajstić information content (AvgIpc) is 3.44. The van der Waals surface area contributed by atoms with E-state index < -0.39 is 0 Å². The van der Waals surface area contributed by atoms with Gasteiger partial charge in [0.05, 0.1) is 16.8 Å². The maximum absolute atomic E-state index is 12.4. The number of thioether (sulfide) groups is 1. The van der Waals surface area contributed by atoms with Gasteiger partial charge in [-0.1, -0.05) is 23.7 Å². The SMILES string of the molecule is CC(C(=O)NC1CC1)N1CCN(C(=O)CSc2ccccc2Cl)CC1. The summed E-state index contributed by atoms with van der Waals surface area (Å²) in [4.78, 5) is 29.5. The number of rotatable bonds is 6. The van der Waals surface area contributed by atoms with E-state index in [1.807, 2.05) is 36.1 Å². The average molecular weight is 382 g/mol. The summed E-state index contributed by atoms with van der Waals surface area (Å²) in [7, 11) is 0. The Kier molecular flexibility index (Phi) is 6.25. The molecule has 3 rings (SSSR count). The second-order valence-corrected chi connectivity index (χ2v) is 8.02.